The third-order valence-corrected chi connectivity index (χ3v) is 8.05. The van der Waals surface area contributed by atoms with Gasteiger partial charge in [-0.3, -0.25) is 4.79 Å². The molecule has 1 aromatic heterocycles. The Labute approximate surface area is 244 Å². The molecule has 0 bridgehead atoms. The highest BCUT2D eigenvalue weighted by Crippen LogP contribution is 2.34. The van der Waals surface area contributed by atoms with Gasteiger partial charge in [0.15, 0.2) is 6.10 Å². The number of amides is 1. The van der Waals surface area contributed by atoms with E-state index in [1.807, 2.05) is 51.1 Å². The highest BCUT2D eigenvalue weighted by molar-refractivity contribution is 6.36. The summed E-state index contributed by atoms with van der Waals surface area (Å²) in [6, 6.07) is 17.1. The van der Waals surface area contributed by atoms with Gasteiger partial charge < -0.3 is 19.7 Å². The van der Waals surface area contributed by atoms with Crippen LogP contribution in [0, 0.1) is 13.8 Å². The molecule has 4 rings (SSSR count). The maximum Gasteiger partial charge on any atom is 0.344 e. The number of halogens is 2. The molecule has 0 aliphatic heterocycles. The molecule has 40 heavy (non-hydrogen) atoms. The van der Waals surface area contributed by atoms with E-state index in [0.717, 1.165) is 33.3 Å². The minimum absolute atomic E-state index is 0.135. The first-order chi connectivity index (χ1) is 18.9. The number of aryl methyl sites for hydroxylation is 1. The van der Waals surface area contributed by atoms with Crippen LogP contribution < -0.4 is 10.1 Å². The highest BCUT2D eigenvalue weighted by Gasteiger charge is 2.20. The molecular weight excluding hydrogens is 547 g/mol. The van der Waals surface area contributed by atoms with E-state index in [4.69, 9.17) is 27.9 Å². The van der Waals surface area contributed by atoms with Crippen LogP contribution in [0.3, 0.4) is 0 Å². The maximum absolute atomic E-state index is 13.2. The zero-order valence-corrected chi connectivity index (χ0v) is 25.0. The number of aromatic nitrogens is 1. The van der Waals surface area contributed by atoms with Crippen LogP contribution in [0.5, 0.6) is 5.75 Å². The summed E-state index contributed by atoms with van der Waals surface area (Å²) in [5, 5.41) is 14.0. The van der Waals surface area contributed by atoms with Gasteiger partial charge in [-0.05, 0) is 86.2 Å². The van der Waals surface area contributed by atoms with Gasteiger partial charge in [0.25, 0.3) is 5.91 Å². The number of hydrogen-bond donors (Lipinski definition) is 2. The van der Waals surface area contributed by atoms with E-state index in [1.165, 1.54) is 12.5 Å². The predicted octanol–water partition coefficient (Wildman–Crippen LogP) is 8.08. The Kier molecular flexibility index (Phi) is 8.81. The first kappa shape index (κ1) is 29.5. The zero-order valence-electron chi connectivity index (χ0n) is 23.5. The Balaban J connectivity index is 1.61. The van der Waals surface area contributed by atoms with E-state index >= 15 is 0 Å². The zero-order chi connectivity index (χ0) is 29.3. The van der Waals surface area contributed by atoms with Gasteiger partial charge in [-0.1, -0.05) is 61.3 Å². The average molecular weight is 582 g/mol. The Morgan fingerprint density at radius 3 is 2.33 bits per heavy atom. The van der Waals surface area contributed by atoms with Crippen LogP contribution in [0.1, 0.15) is 78.0 Å². The normalized spacial score (nSPS) is 12.9. The molecule has 0 aliphatic rings. The fourth-order valence-corrected chi connectivity index (χ4v) is 5.23. The van der Waals surface area contributed by atoms with Crippen LogP contribution in [-0.2, 0) is 11.3 Å². The van der Waals surface area contributed by atoms with E-state index in [0.29, 0.717) is 23.0 Å². The van der Waals surface area contributed by atoms with Crippen molar-refractivity contribution in [3.05, 3.63) is 98.2 Å². The van der Waals surface area contributed by atoms with Crippen LogP contribution >= 0.6 is 23.2 Å². The smallest absolute Gasteiger partial charge is 0.344 e. The minimum Gasteiger partial charge on any atom is -0.479 e. The number of hydrogen-bond acceptors (Lipinski definition) is 3. The molecule has 210 valence electrons. The summed E-state index contributed by atoms with van der Waals surface area (Å²) in [4.78, 5) is 24.5. The summed E-state index contributed by atoms with van der Waals surface area (Å²) in [5.41, 5.74) is 6.67. The quantitative estimate of drug-likeness (QED) is 0.209. The van der Waals surface area contributed by atoms with Crippen molar-refractivity contribution in [2.45, 2.75) is 66.2 Å². The summed E-state index contributed by atoms with van der Waals surface area (Å²) in [7, 11) is 0. The number of nitrogens with zero attached hydrogens (tertiary/aromatic N) is 1. The molecular formula is C32H34Cl2N2O4. The SMILES string of the molecule is Cc1c(C)n(Cc2cc(O[C@@H](C)C(=O)O)c(Cl)cc2Cl)c2ccc(C(=O)N[C@@H](C)c3cccc(C(C)C)c3)cc12. The molecule has 0 saturated heterocycles. The van der Waals surface area contributed by atoms with Crippen molar-refractivity contribution >= 4 is 46.0 Å². The van der Waals surface area contributed by atoms with Crippen molar-refractivity contribution in [2.75, 3.05) is 0 Å². The lowest BCUT2D eigenvalue weighted by Crippen LogP contribution is -2.26. The van der Waals surface area contributed by atoms with Crippen LogP contribution in [0.2, 0.25) is 10.0 Å². The van der Waals surface area contributed by atoms with E-state index < -0.39 is 12.1 Å². The van der Waals surface area contributed by atoms with E-state index in [2.05, 4.69) is 35.9 Å². The van der Waals surface area contributed by atoms with Crippen molar-refractivity contribution in [3.8, 4) is 5.75 Å². The monoisotopic (exact) mass is 580 g/mol. The van der Waals surface area contributed by atoms with E-state index in [1.54, 1.807) is 12.1 Å². The average Bonchev–Trinajstić information content (AvgIpc) is 3.15. The molecule has 0 unspecified atom stereocenters. The topological polar surface area (TPSA) is 80.6 Å². The first-order valence-electron chi connectivity index (χ1n) is 13.2. The molecule has 2 N–H and O–H groups in total. The van der Waals surface area contributed by atoms with Crippen molar-refractivity contribution in [1.82, 2.24) is 9.88 Å². The van der Waals surface area contributed by atoms with Crippen molar-refractivity contribution in [3.63, 3.8) is 0 Å². The number of benzene rings is 3. The summed E-state index contributed by atoms with van der Waals surface area (Å²) in [6.07, 6.45) is -1.06. The molecule has 2 atom stereocenters. The number of carbonyl (C=O) groups excluding carboxylic acids is 1. The Hall–Kier alpha value is -3.48. The number of ether oxygens (including phenoxy) is 1. The summed E-state index contributed by atoms with van der Waals surface area (Å²) in [6.45, 7) is 12.2. The van der Waals surface area contributed by atoms with Crippen LogP contribution in [0.15, 0.2) is 54.6 Å². The Morgan fingerprint density at radius 2 is 1.65 bits per heavy atom. The number of aliphatic carboxylic acids is 1. The van der Waals surface area contributed by atoms with Gasteiger partial charge in [0, 0.05) is 33.7 Å². The number of carboxylic acid groups (broad SMARTS) is 1. The lowest BCUT2D eigenvalue weighted by molar-refractivity contribution is -0.144. The fourth-order valence-electron chi connectivity index (χ4n) is 4.74. The van der Waals surface area contributed by atoms with Gasteiger partial charge in [0.2, 0.25) is 0 Å². The highest BCUT2D eigenvalue weighted by atomic mass is 35.5. The summed E-state index contributed by atoms with van der Waals surface area (Å²) < 4.78 is 7.66. The molecule has 0 spiro atoms. The maximum atomic E-state index is 13.2. The van der Waals surface area contributed by atoms with Gasteiger partial charge in [-0.2, -0.15) is 0 Å². The Bertz CT molecular complexity index is 1590. The lowest BCUT2D eigenvalue weighted by atomic mass is 9.98. The molecule has 3 aromatic carbocycles. The van der Waals surface area contributed by atoms with Gasteiger partial charge in [0.05, 0.1) is 11.1 Å². The largest absolute Gasteiger partial charge is 0.479 e. The molecule has 6 nitrogen and oxygen atoms in total. The number of carbonyl (C=O) groups is 2. The number of nitrogens with one attached hydrogen (secondary N) is 1. The van der Waals surface area contributed by atoms with Crippen LogP contribution in [0.4, 0.5) is 0 Å². The predicted molar refractivity (Wildman–Crippen MR) is 161 cm³/mol. The molecule has 8 heteroatoms. The van der Waals surface area contributed by atoms with E-state index in [-0.39, 0.29) is 22.7 Å². The minimum atomic E-state index is -1.09. The molecule has 4 aromatic rings. The molecule has 0 fully saturated rings. The summed E-state index contributed by atoms with van der Waals surface area (Å²) >= 11 is 12.8. The van der Waals surface area contributed by atoms with Crippen molar-refractivity contribution in [2.24, 2.45) is 0 Å². The van der Waals surface area contributed by atoms with Gasteiger partial charge >= 0.3 is 5.97 Å². The van der Waals surface area contributed by atoms with E-state index in [9.17, 15) is 14.7 Å². The molecule has 1 amide bonds. The summed E-state index contributed by atoms with van der Waals surface area (Å²) in [5.74, 6) is -0.553. The number of rotatable bonds is 9. The Morgan fingerprint density at radius 1 is 0.950 bits per heavy atom. The third kappa shape index (κ3) is 6.13. The molecule has 0 saturated carbocycles. The van der Waals surface area contributed by atoms with Gasteiger partial charge in [-0.15, -0.1) is 0 Å². The van der Waals surface area contributed by atoms with Gasteiger partial charge in [-0.25, -0.2) is 4.79 Å². The van der Waals surface area contributed by atoms with Crippen LogP contribution in [0.25, 0.3) is 10.9 Å². The van der Waals surface area contributed by atoms with Crippen LogP contribution in [-0.4, -0.2) is 27.7 Å². The first-order valence-corrected chi connectivity index (χ1v) is 14.0. The second-order valence-electron chi connectivity index (χ2n) is 10.5. The molecule has 0 aliphatic carbocycles. The fraction of sp³-hybridized carbons (Fsp3) is 0.312. The second kappa shape index (κ2) is 11.9. The number of carboxylic acids is 1. The number of fused-ring (bicyclic) bond motifs is 1. The third-order valence-electron chi connectivity index (χ3n) is 7.41. The molecule has 0 radical (unpaired) electrons. The standard InChI is InChI=1S/C32H34Cl2N2O4/c1-17(2)22-8-7-9-23(12-22)19(4)35-31(37)24-10-11-29-26(13-24)18(3)20(5)36(29)16-25-14-30(28(34)15-27(25)33)40-21(6)32(38)39/h7-15,17,19,21H,16H2,1-6H3,(H,35,37)(H,38,39)/t19-,21-/m0/s1. The molecule has 1 heterocycles. The van der Waals surface area contributed by atoms with Gasteiger partial charge in [0.1, 0.15) is 5.75 Å². The second-order valence-corrected chi connectivity index (χ2v) is 11.3. The lowest BCUT2D eigenvalue weighted by Gasteiger charge is -2.17. The van der Waals surface area contributed by atoms with Crippen molar-refractivity contribution < 1.29 is 19.4 Å². The van der Waals surface area contributed by atoms with Crippen molar-refractivity contribution in [1.29, 1.82) is 0 Å².